The van der Waals surface area contributed by atoms with Gasteiger partial charge in [0.05, 0.1) is 27.2 Å². The Bertz CT molecular complexity index is 556. The van der Waals surface area contributed by atoms with Gasteiger partial charge in [-0.25, -0.2) is 8.42 Å². The van der Waals surface area contributed by atoms with Crippen LogP contribution in [0.2, 0.25) is 0 Å². The normalized spacial score (nSPS) is 26.8. The highest BCUT2D eigenvalue weighted by atomic mass is 32.2. The first-order valence-electron chi connectivity index (χ1n) is 5.53. The molecule has 0 aliphatic heterocycles. The summed E-state index contributed by atoms with van der Waals surface area (Å²) in [5.41, 5.74) is 4.98. The molecule has 2 atom stereocenters. The summed E-state index contributed by atoms with van der Waals surface area (Å²) >= 11 is 4.99. The third-order valence-corrected chi connectivity index (χ3v) is 6.05. The van der Waals surface area contributed by atoms with Gasteiger partial charge in [0.15, 0.2) is 9.84 Å². The standard InChI is InChI=1S/C12H15NO3S2/c1-16-8-12(11(13)17)7-10(12)18(14,15)9-5-3-2-4-6-9/h2-6,10H,7-8H2,1H3,(H2,13,17). The number of ether oxygens (including phenoxy) is 1. The van der Waals surface area contributed by atoms with E-state index in [9.17, 15) is 8.42 Å². The molecule has 1 aliphatic carbocycles. The van der Waals surface area contributed by atoms with E-state index < -0.39 is 20.5 Å². The first-order chi connectivity index (χ1) is 8.45. The van der Waals surface area contributed by atoms with E-state index >= 15 is 0 Å². The molecule has 0 amide bonds. The second kappa shape index (κ2) is 4.60. The van der Waals surface area contributed by atoms with Crippen LogP contribution in [0.15, 0.2) is 35.2 Å². The summed E-state index contributed by atoms with van der Waals surface area (Å²) < 4.78 is 29.9. The minimum Gasteiger partial charge on any atom is -0.393 e. The lowest BCUT2D eigenvalue weighted by atomic mass is 10.1. The molecule has 0 saturated heterocycles. The third-order valence-electron chi connectivity index (χ3n) is 3.34. The van der Waals surface area contributed by atoms with Crippen LogP contribution in [0.4, 0.5) is 0 Å². The fraction of sp³-hybridized carbons (Fsp3) is 0.417. The largest absolute Gasteiger partial charge is 0.393 e. The average molecular weight is 285 g/mol. The van der Waals surface area contributed by atoms with Gasteiger partial charge in [-0.1, -0.05) is 30.4 Å². The van der Waals surface area contributed by atoms with Crippen LogP contribution < -0.4 is 5.73 Å². The van der Waals surface area contributed by atoms with E-state index in [1.807, 2.05) is 0 Å². The van der Waals surface area contributed by atoms with Crippen LogP contribution in [0.3, 0.4) is 0 Å². The predicted octanol–water partition coefficient (Wildman–Crippen LogP) is 1.15. The van der Waals surface area contributed by atoms with E-state index in [0.29, 0.717) is 11.3 Å². The predicted molar refractivity (Wildman–Crippen MR) is 73.1 cm³/mol. The van der Waals surface area contributed by atoms with Crippen LogP contribution in [-0.4, -0.2) is 32.4 Å². The maximum absolute atomic E-state index is 12.4. The van der Waals surface area contributed by atoms with E-state index in [-0.39, 0.29) is 11.6 Å². The molecule has 2 rings (SSSR count). The van der Waals surface area contributed by atoms with Crippen molar-refractivity contribution in [3.63, 3.8) is 0 Å². The second-order valence-corrected chi connectivity index (χ2v) is 7.07. The zero-order valence-corrected chi connectivity index (χ0v) is 11.6. The highest BCUT2D eigenvalue weighted by Crippen LogP contribution is 2.53. The van der Waals surface area contributed by atoms with Crippen LogP contribution in [0, 0.1) is 5.41 Å². The van der Waals surface area contributed by atoms with Gasteiger partial charge in [0, 0.05) is 7.11 Å². The van der Waals surface area contributed by atoms with Crippen LogP contribution in [0.5, 0.6) is 0 Å². The zero-order valence-electron chi connectivity index (χ0n) is 10.00. The van der Waals surface area contributed by atoms with Crippen LogP contribution >= 0.6 is 12.2 Å². The molecule has 2 unspecified atom stereocenters. The highest BCUT2D eigenvalue weighted by Gasteiger charge is 2.63. The molecule has 1 aromatic carbocycles. The monoisotopic (exact) mass is 285 g/mol. The van der Waals surface area contributed by atoms with Gasteiger partial charge in [-0.2, -0.15) is 0 Å². The Kier molecular flexibility index (Phi) is 3.44. The number of sulfone groups is 1. The van der Waals surface area contributed by atoms with Crippen molar-refractivity contribution in [1.29, 1.82) is 0 Å². The Morgan fingerprint density at radius 1 is 1.50 bits per heavy atom. The number of rotatable bonds is 5. The molecule has 1 saturated carbocycles. The van der Waals surface area contributed by atoms with E-state index in [1.165, 1.54) is 7.11 Å². The van der Waals surface area contributed by atoms with Crippen LogP contribution in [0.1, 0.15) is 6.42 Å². The zero-order chi connectivity index (χ0) is 13.4. The third kappa shape index (κ3) is 2.04. The summed E-state index contributed by atoms with van der Waals surface area (Å²) in [6.45, 7) is 0.249. The van der Waals surface area contributed by atoms with E-state index in [4.69, 9.17) is 22.7 Å². The van der Waals surface area contributed by atoms with Gasteiger partial charge in [-0.15, -0.1) is 0 Å². The molecule has 6 heteroatoms. The van der Waals surface area contributed by atoms with Gasteiger partial charge in [0.1, 0.15) is 0 Å². The lowest BCUT2D eigenvalue weighted by molar-refractivity contribution is 0.169. The lowest BCUT2D eigenvalue weighted by Crippen LogP contribution is -2.32. The van der Waals surface area contributed by atoms with Crippen molar-refractivity contribution < 1.29 is 13.2 Å². The molecule has 0 spiro atoms. The molecule has 0 aromatic heterocycles. The average Bonchev–Trinajstić information content (AvgIpc) is 3.07. The molecular weight excluding hydrogens is 270 g/mol. The number of thiocarbonyl (C=S) groups is 1. The Hall–Kier alpha value is -0.980. The Morgan fingerprint density at radius 2 is 2.11 bits per heavy atom. The summed E-state index contributed by atoms with van der Waals surface area (Å²) in [6.07, 6.45) is 0.438. The number of benzene rings is 1. The molecule has 18 heavy (non-hydrogen) atoms. The minimum absolute atomic E-state index is 0.217. The first kappa shape index (κ1) is 13.5. The number of methoxy groups -OCH3 is 1. The quantitative estimate of drug-likeness (QED) is 0.822. The smallest absolute Gasteiger partial charge is 0.182 e. The second-order valence-electron chi connectivity index (χ2n) is 4.50. The number of hydrogen-bond acceptors (Lipinski definition) is 4. The Labute approximate surface area is 112 Å². The van der Waals surface area contributed by atoms with Gasteiger partial charge in [0.2, 0.25) is 0 Å². The topological polar surface area (TPSA) is 69.4 Å². The van der Waals surface area contributed by atoms with Gasteiger partial charge < -0.3 is 10.5 Å². The van der Waals surface area contributed by atoms with Crippen LogP contribution in [0.25, 0.3) is 0 Å². The van der Waals surface area contributed by atoms with Crippen molar-refractivity contribution in [2.24, 2.45) is 11.1 Å². The Balaban J connectivity index is 2.33. The van der Waals surface area contributed by atoms with Crippen molar-refractivity contribution in [2.75, 3.05) is 13.7 Å². The molecule has 1 fully saturated rings. The van der Waals surface area contributed by atoms with Crippen molar-refractivity contribution in [1.82, 2.24) is 0 Å². The maximum atomic E-state index is 12.4. The lowest BCUT2D eigenvalue weighted by Gasteiger charge is -2.14. The van der Waals surface area contributed by atoms with Crippen molar-refractivity contribution >= 4 is 27.0 Å². The highest BCUT2D eigenvalue weighted by molar-refractivity contribution is 7.92. The Morgan fingerprint density at radius 3 is 2.61 bits per heavy atom. The van der Waals surface area contributed by atoms with Crippen molar-refractivity contribution in [3.05, 3.63) is 30.3 Å². The van der Waals surface area contributed by atoms with Crippen LogP contribution in [-0.2, 0) is 14.6 Å². The molecule has 0 heterocycles. The maximum Gasteiger partial charge on any atom is 0.182 e. The molecule has 0 radical (unpaired) electrons. The molecule has 4 nitrogen and oxygen atoms in total. The van der Waals surface area contributed by atoms with Gasteiger partial charge >= 0.3 is 0 Å². The fourth-order valence-electron chi connectivity index (χ4n) is 2.19. The minimum atomic E-state index is -3.39. The summed E-state index contributed by atoms with van der Waals surface area (Å²) in [5.74, 6) is 0. The molecule has 0 bridgehead atoms. The van der Waals surface area contributed by atoms with Gasteiger partial charge in [0.25, 0.3) is 0 Å². The van der Waals surface area contributed by atoms with E-state index in [1.54, 1.807) is 30.3 Å². The van der Waals surface area contributed by atoms with E-state index in [2.05, 4.69) is 0 Å². The molecular formula is C12H15NO3S2. The SMILES string of the molecule is COCC1(C(N)=S)CC1S(=O)(=O)c1ccccc1. The van der Waals surface area contributed by atoms with Gasteiger partial charge in [-0.3, -0.25) is 0 Å². The summed E-state index contributed by atoms with van der Waals surface area (Å²) in [4.78, 5) is 0.526. The van der Waals surface area contributed by atoms with Crippen molar-refractivity contribution in [2.45, 2.75) is 16.6 Å². The first-order valence-corrected chi connectivity index (χ1v) is 7.48. The summed E-state index contributed by atoms with van der Waals surface area (Å²) in [7, 11) is -1.87. The summed E-state index contributed by atoms with van der Waals surface area (Å²) in [5, 5.41) is -0.565. The van der Waals surface area contributed by atoms with E-state index in [0.717, 1.165) is 0 Å². The summed E-state index contributed by atoms with van der Waals surface area (Å²) in [6, 6.07) is 8.36. The molecule has 98 valence electrons. The number of hydrogen-bond donors (Lipinski definition) is 1. The molecule has 2 N–H and O–H groups in total. The van der Waals surface area contributed by atoms with Gasteiger partial charge in [-0.05, 0) is 18.6 Å². The fourth-order valence-corrected chi connectivity index (χ4v) is 4.72. The number of nitrogens with two attached hydrogens (primary N) is 1. The molecule has 1 aromatic rings. The van der Waals surface area contributed by atoms with Crippen molar-refractivity contribution in [3.8, 4) is 0 Å². The molecule has 1 aliphatic rings.